The number of imidazole rings is 1. The second-order valence-electron chi connectivity index (χ2n) is 12.3. The lowest BCUT2D eigenvalue weighted by Gasteiger charge is -2.32. The minimum absolute atomic E-state index is 0.0962. The van der Waals surface area contributed by atoms with Crippen LogP contribution in [0.4, 0.5) is 5.82 Å². The molecule has 2 atom stereocenters. The summed E-state index contributed by atoms with van der Waals surface area (Å²) in [5.74, 6) is 1.30. The summed E-state index contributed by atoms with van der Waals surface area (Å²) in [6.45, 7) is 8.10. The van der Waals surface area contributed by atoms with E-state index in [0.717, 1.165) is 35.6 Å². The molecule has 10 heteroatoms. The predicted octanol–water partition coefficient (Wildman–Crippen LogP) is 6.56. The van der Waals surface area contributed by atoms with Gasteiger partial charge in [-0.25, -0.2) is 15.0 Å². The summed E-state index contributed by atoms with van der Waals surface area (Å²) in [4.78, 5) is 14.3. The van der Waals surface area contributed by atoms with Crippen molar-refractivity contribution in [1.29, 1.82) is 0 Å². The van der Waals surface area contributed by atoms with Crippen LogP contribution in [-0.2, 0) is 8.92 Å². The number of anilines is 1. The molecule has 0 amide bonds. The quantitative estimate of drug-likeness (QED) is 0.152. The summed E-state index contributed by atoms with van der Waals surface area (Å²) in [5, 5.41) is 19.8. The Morgan fingerprint density at radius 2 is 1.64 bits per heavy atom. The van der Waals surface area contributed by atoms with Gasteiger partial charge in [-0.05, 0) is 69.4 Å². The number of aliphatic hydroxyl groups is 2. The van der Waals surface area contributed by atoms with Crippen molar-refractivity contribution in [3.8, 4) is 0 Å². The SMILES string of the molecule is CC(C)(O)O.CCCCS(C)(C)OCC1CCC(n2cnc3c(NCC(c4ccccc4)c4ccccc4)nc(C)nc32)O1. The van der Waals surface area contributed by atoms with Gasteiger partial charge in [-0.3, -0.25) is 4.57 Å². The van der Waals surface area contributed by atoms with E-state index in [2.05, 4.69) is 90.0 Å². The fourth-order valence-corrected chi connectivity index (χ4v) is 6.80. The zero-order valence-corrected chi connectivity index (χ0v) is 27.8. The lowest BCUT2D eigenvalue weighted by molar-refractivity contribution is -0.127. The molecular formula is C34H49N5O4S. The van der Waals surface area contributed by atoms with Gasteiger partial charge < -0.3 is 24.4 Å². The van der Waals surface area contributed by atoms with Gasteiger partial charge in [0.25, 0.3) is 0 Å². The van der Waals surface area contributed by atoms with E-state index >= 15 is 0 Å². The molecule has 1 saturated heterocycles. The zero-order valence-electron chi connectivity index (χ0n) is 26.9. The Balaban J connectivity index is 0.000000818. The smallest absolute Gasteiger partial charge is 0.167 e. The minimum Gasteiger partial charge on any atom is -0.367 e. The van der Waals surface area contributed by atoms with E-state index < -0.39 is 16.1 Å². The van der Waals surface area contributed by atoms with Crippen molar-refractivity contribution in [2.24, 2.45) is 0 Å². The van der Waals surface area contributed by atoms with Crippen molar-refractivity contribution in [1.82, 2.24) is 19.5 Å². The third-order valence-electron chi connectivity index (χ3n) is 7.37. The van der Waals surface area contributed by atoms with Gasteiger partial charge in [0.15, 0.2) is 22.8 Å². The Morgan fingerprint density at radius 3 is 2.23 bits per heavy atom. The highest BCUT2D eigenvalue weighted by molar-refractivity contribution is 8.28. The summed E-state index contributed by atoms with van der Waals surface area (Å²) >= 11 is 0. The molecule has 44 heavy (non-hydrogen) atoms. The zero-order chi connectivity index (χ0) is 31.7. The van der Waals surface area contributed by atoms with Crippen molar-refractivity contribution in [3.63, 3.8) is 0 Å². The van der Waals surface area contributed by atoms with Crippen LogP contribution in [0.15, 0.2) is 67.0 Å². The van der Waals surface area contributed by atoms with Gasteiger partial charge in [0.2, 0.25) is 0 Å². The fourth-order valence-electron chi connectivity index (χ4n) is 5.18. The first-order valence-corrected chi connectivity index (χ1v) is 18.0. The normalized spacial score (nSPS) is 17.5. The van der Waals surface area contributed by atoms with Gasteiger partial charge >= 0.3 is 0 Å². The highest BCUT2D eigenvalue weighted by Crippen LogP contribution is 2.43. The molecule has 3 N–H and O–H groups in total. The van der Waals surface area contributed by atoms with E-state index in [1.165, 1.54) is 37.8 Å². The van der Waals surface area contributed by atoms with Crippen LogP contribution in [0, 0.1) is 6.92 Å². The van der Waals surface area contributed by atoms with Crippen LogP contribution in [0.25, 0.3) is 11.2 Å². The first kappa shape index (κ1) is 33.9. The average Bonchev–Trinajstić information content (AvgIpc) is 3.63. The number of aromatic nitrogens is 4. The minimum atomic E-state index is -1.50. The first-order chi connectivity index (χ1) is 20.9. The summed E-state index contributed by atoms with van der Waals surface area (Å²) in [7, 11) is -1.03. The van der Waals surface area contributed by atoms with Gasteiger partial charge in [0.05, 0.1) is 19.0 Å². The van der Waals surface area contributed by atoms with Gasteiger partial charge in [-0.15, -0.1) is 10.3 Å². The lowest BCUT2D eigenvalue weighted by Crippen LogP contribution is -2.19. The molecule has 1 fully saturated rings. The molecule has 0 bridgehead atoms. The Kier molecular flexibility index (Phi) is 11.8. The standard InChI is InChI=1S/C31H41N5O2S.C3H8O2/c1-5-6-19-39(3,4)37-21-26-17-18-28(38-26)36-22-33-29-30(34-23(2)35-31(29)36)32-20-27(24-13-9-7-10-14-24)25-15-11-8-12-16-25;1-3(2,4)5/h7-16,22,26-28H,5-6,17-21H2,1-4H3,(H,32,34,35);4-5H,1-2H3. The van der Waals surface area contributed by atoms with Gasteiger partial charge in [0, 0.05) is 12.5 Å². The van der Waals surface area contributed by atoms with Gasteiger partial charge in [-0.2, -0.15) is 0 Å². The van der Waals surface area contributed by atoms with E-state index in [-0.39, 0.29) is 18.2 Å². The molecule has 2 unspecified atom stereocenters. The maximum Gasteiger partial charge on any atom is 0.167 e. The number of ether oxygens (including phenoxy) is 1. The molecule has 0 radical (unpaired) electrons. The number of nitrogens with zero attached hydrogens (tertiary/aromatic N) is 4. The average molecular weight is 624 g/mol. The Morgan fingerprint density at radius 1 is 1.02 bits per heavy atom. The van der Waals surface area contributed by atoms with Crippen LogP contribution in [0.1, 0.15) is 75.6 Å². The topological polar surface area (TPSA) is 115 Å². The third-order valence-corrected chi connectivity index (χ3v) is 9.41. The van der Waals surface area contributed by atoms with Crippen molar-refractivity contribution < 1.29 is 19.1 Å². The molecule has 0 aliphatic carbocycles. The molecule has 9 nitrogen and oxygen atoms in total. The Bertz CT molecular complexity index is 1400. The van der Waals surface area contributed by atoms with Crippen molar-refractivity contribution >= 4 is 27.3 Å². The number of nitrogens with one attached hydrogen (secondary N) is 1. The number of unbranched alkanes of at least 4 members (excludes halogenated alkanes) is 1. The number of benzene rings is 2. The fraction of sp³-hybridized carbons (Fsp3) is 0.500. The third kappa shape index (κ3) is 10.0. The molecule has 0 saturated carbocycles. The second kappa shape index (κ2) is 15.3. The van der Waals surface area contributed by atoms with E-state index in [4.69, 9.17) is 34.1 Å². The number of hydrogen-bond acceptors (Lipinski definition) is 8. The number of aryl methyl sites for hydroxylation is 1. The molecule has 0 spiro atoms. The summed E-state index contributed by atoms with van der Waals surface area (Å²) in [6.07, 6.45) is 10.7. The number of fused-ring (bicyclic) bond motifs is 1. The maximum absolute atomic E-state index is 8.08. The largest absolute Gasteiger partial charge is 0.367 e. The summed E-state index contributed by atoms with van der Waals surface area (Å²) < 4.78 is 14.8. The van der Waals surface area contributed by atoms with E-state index in [1.54, 1.807) is 0 Å². The number of hydrogen-bond donors (Lipinski definition) is 3. The molecular weight excluding hydrogens is 574 g/mol. The van der Waals surface area contributed by atoms with Crippen LogP contribution in [0.5, 0.6) is 0 Å². The van der Waals surface area contributed by atoms with Crippen LogP contribution in [0.3, 0.4) is 0 Å². The Labute approximate surface area is 263 Å². The van der Waals surface area contributed by atoms with E-state index in [1.807, 2.05) is 13.3 Å². The number of rotatable bonds is 12. The molecule has 5 rings (SSSR count). The first-order valence-electron chi connectivity index (χ1n) is 15.4. The van der Waals surface area contributed by atoms with Crippen LogP contribution >= 0.6 is 10.3 Å². The molecule has 3 heterocycles. The van der Waals surface area contributed by atoms with Crippen LogP contribution in [0.2, 0.25) is 0 Å². The Hall–Kier alpha value is -3.02. The summed E-state index contributed by atoms with van der Waals surface area (Å²) in [5.41, 5.74) is 4.10. The monoisotopic (exact) mass is 623 g/mol. The second-order valence-corrected chi connectivity index (χ2v) is 15.8. The predicted molar refractivity (Wildman–Crippen MR) is 180 cm³/mol. The molecule has 2 aromatic heterocycles. The molecule has 1 aliphatic heterocycles. The van der Waals surface area contributed by atoms with E-state index in [0.29, 0.717) is 19.0 Å². The van der Waals surface area contributed by atoms with Crippen molar-refractivity contribution in [2.75, 3.05) is 36.7 Å². The van der Waals surface area contributed by atoms with Crippen molar-refractivity contribution in [3.05, 3.63) is 83.9 Å². The molecule has 2 aromatic carbocycles. The van der Waals surface area contributed by atoms with Gasteiger partial charge in [0.1, 0.15) is 12.1 Å². The van der Waals surface area contributed by atoms with Crippen LogP contribution < -0.4 is 5.32 Å². The highest BCUT2D eigenvalue weighted by Gasteiger charge is 2.30. The maximum atomic E-state index is 8.08. The van der Waals surface area contributed by atoms with Crippen LogP contribution in [-0.4, -0.2) is 73.0 Å². The summed E-state index contributed by atoms with van der Waals surface area (Å²) in [6, 6.07) is 21.2. The van der Waals surface area contributed by atoms with E-state index in [9.17, 15) is 0 Å². The molecule has 1 aliphatic rings. The molecule has 4 aromatic rings. The highest BCUT2D eigenvalue weighted by atomic mass is 32.3. The van der Waals surface area contributed by atoms with Gasteiger partial charge in [-0.1, -0.05) is 74.0 Å². The van der Waals surface area contributed by atoms with Crippen molar-refractivity contribution in [2.45, 2.75) is 77.4 Å². The molecule has 240 valence electrons. The lowest BCUT2D eigenvalue weighted by atomic mass is 9.91.